The van der Waals surface area contributed by atoms with Gasteiger partial charge in [0, 0.05) is 12.6 Å². The first-order chi connectivity index (χ1) is 8.24. The number of phenols is 1. The minimum absolute atomic E-state index is 0.381. The fourth-order valence-electron chi connectivity index (χ4n) is 2.50. The van der Waals surface area contributed by atoms with Crippen molar-refractivity contribution in [1.82, 2.24) is 4.90 Å². The molecule has 1 aliphatic rings. The Morgan fingerprint density at radius 2 is 2.12 bits per heavy atom. The molecular weight excluding hydrogens is 212 g/mol. The number of rotatable bonds is 4. The summed E-state index contributed by atoms with van der Waals surface area (Å²) in [6, 6.07) is 6.22. The van der Waals surface area contributed by atoms with Crippen LogP contribution in [0.4, 0.5) is 5.69 Å². The first-order valence-corrected chi connectivity index (χ1v) is 6.54. The van der Waals surface area contributed by atoms with E-state index in [4.69, 9.17) is 0 Å². The molecule has 2 rings (SSSR count). The van der Waals surface area contributed by atoms with E-state index in [1.807, 2.05) is 6.07 Å². The number of aromatic hydroxyl groups is 1. The Morgan fingerprint density at radius 1 is 1.35 bits per heavy atom. The van der Waals surface area contributed by atoms with Crippen molar-refractivity contribution >= 4 is 5.69 Å². The van der Waals surface area contributed by atoms with Gasteiger partial charge in [-0.25, -0.2) is 0 Å². The van der Waals surface area contributed by atoms with Gasteiger partial charge in [0.2, 0.25) is 0 Å². The van der Waals surface area contributed by atoms with E-state index in [0.29, 0.717) is 11.8 Å². The van der Waals surface area contributed by atoms with E-state index in [2.05, 4.69) is 30.1 Å². The quantitative estimate of drug-likeness (QED) is 0.786. The van der Waals surface area contributed by atoms with Crippen LogP contribution in [0.3, 0.4) is 0 Å². The van der Waals surface area contributed by atoms with Gasteiger partial charge in [-0.05, 0) is 37.6 Å². The molecule has 94 valence electrons. The standard InChI is InChI=1S/C14H22N2O/c1-3-16(4-2)10-12-9-8-11-6-5-7-13(17)14(11)15-12/h5-7,12,15,17H,3-4,8-10H2,1-2H3. The van der Waals surface area contributed by atoms with Crippen molar-refractivity contribution in [3.63, 3.8) is 0 Å². The monoisotopic (exact) mass is 234 g/mol. The molecule has 1 aromatic carbocycles. The van der Waals surface area contributed by atoms with Gasteiger partial charge >= 0.3 is 0 Å². The molecule has 0 radical (unpaired) electrons. The fourth-order valence-corrected chi connectivity index (χ4v) is 2.50. The van der Waals surface area contributed by atoms with E-state index in [1.165, 1.54) is 5.56 Å². The molecule has 1 aliphatic heterocycles. The number of nitrogens with zero attached hydrogens (tertiary/aromatic N) is 1. The molecule has 0 bridgehead atoms. The van der Waals surface area contributed by atoms with Crippen molar-refractivity contribution in [3.8, 4) is 5.75 Å². The molecule has 2 N–H and O–H groups in total. The maximum absolute atomic E-state index is 9.85. The van der Waals surface area contributed by atoms with Gasteiger partial charge in [-0.3, -0.25) is 0 Å². The molecule has 3 nitrogen and oxygen atoms in total. The predicted molar refractivity (Wildman–Crippen MR) is 71.6 cm³/mol. The third-order valence-electron chi connectivity index (χ3n) is 3.61. The Balaban J connectivity index is 2.05. The fraction of sp³-hybridized carbons (Fsp3) is 0.571. The molecule has 1 aromatic rings. The van der Waals surface area contributed by atoms with Crippen LogP contribution in [-0.2, 0) is 6.42 Å². The van der Waals surface area contributed by atoms with Crippen molar-refractivity contribution < 1.29 is 5.11 Å². The van der Waals surface area contributed by atoms with E-state index in [-0.39, 0.29) is 0 Å². The Kier molecular flexibility index (Phi) is 3.89. The first-order valence-electron chi connectivity index (χ1n) is 6.54. The second-order valence-electron chi connectivity index (χ2n) is 4.68. The Labute approximate surface area is 103 Å². The molecule has 0 saturated heterocycles. The molecule has 0 aromatic heterocycles. The summed E-state index contributed by atoms with van der Waals surface area (Å²) < 4.78 is 0. The average Bonchev–Trinajstić information content (AvgIpc) is 2.37. The number of hydrogen-bond donors (Lipinski definition) is 2. The highest BCUT2D eigenvalue weighted by Crippen LogP contribution is 2.32. The zero-order valence-electron chi connectivity index (χ0n) is 10.7. The van der Waals surface area contributed by atoms with Crippen LogP contribution in [-0.4, -0.2) is 35.7 Å². The SMILES string of the molecule is CCN(CC)CC1CCc2cccc(O)c2N1. The largest absolute Gasteiger partial charge is 0.506 e. The number of benzene rings is 1. The predicted octanol–water partition coefficient (Wildman–Crippen LogP) is 2.46. The molecule has 0 fully saturated rings. The number of fused-ring (bicyclic) bond motifs is 1. The number of hydrogen-bond acceptors (Lipinski definition) is 3. The van der Waals surface area contributed by atoms with Crippen molar-refractivity contribution in [1.29, 1.82) is 0 Å². The summed E-state index contributed by atoms with van der Waals surface area (Å²) in [4.78, 5) is 2.42. The third-order valence-corrected chi connectivity index (χ3v) is 3.61. The van der Waals surface area contributed by atoms with Crippen LogP contribution in [0.15, 0.2) is 18.2 Å². The normalized spacial score (nSPS) is 18.9. The molecule has 0 saturated carbocycles. The summed E-state index contributed by atoms with van der Waals surface area (Å²) in [5, 5.41) is 13.3. The summed E-state index contributed by atoms with van der Waals surface area (Å²) >= 11 is 0. The van der Waals surface area contributed by atoms with Crippen LogP contribution in [0.2, 0.25) is 0 Å². The van der Waals surface area contributed by atoms with Crippen molar-refractivity contribution in [3.05, 3.63) is 23.8 Å². The zero-order valence-corrected chi connectivity index (χ0v) is 10.7. The lowest BCUT2D eigenvalue weighted by Crippen LogP contribution is -2.38. The van der Waals surface area contributed by atoms with Crippen LogP contribution in [0.25, 0.3) is 0 Å². The molecule has 0 spiro atoms. The Morgan fingerprint density at radius 3 is 2.82 bits per heavy atom. The van der Waals surface area contributed by atoms with Gasteiger partial charge in [-0.15, -0.1) is 0 Å². The number of phenolic OH excluding ortho intramolecular Hbond substituents is 1. The third kappa shape index (κ3) is 2.72. The number of aryl methyl sites for hydroxylation is 1. The highest BCUT2D eigenvalue weighted by Gasteiger charge is 2.21. The zero-order chi connectivity index (χ0) is 12.3. The molecule has 3 heteroatoms. The lowest BCUT2D eigenvalue weighted by atomic mass is 9.97. The summed E-state index contributed by atoms with van der Waals surface area (Å²) in [5.41, 5.74) is 2.18. The maximum Gasteiger partial charge on any atom is 0.138 e. The van der Waals surface area contributed by atoms with Crippen LogP contribution in [0.1, 0.15) is 25.8 Å². The van der Waals surface area contributed by atoms with E-state index >= 15 is 0 Å². The van der Waals surface area contributed by atoms with Gasteiger partial charge in [0.05, 0.1) is 5.69 Å². The number of nitrogens with one attached hydrogen (secondary N) is 1. The van der Waals surface area contributed by atoms with Crippen LogP contribution in [0.5, 0.6) is 5.75 Å². The minimum Gasteiger partial charge on any atom is -0.506 e. The van der Waals surface area contributed by atoms with Crippen LogP contribution >= 0.6 is 0 Å². The second kappa shape index (κ2) is 5.41. The summed E-state index contributed by atoms with van der Waals surface area (Å²) in [5.74, 6) is 0.381. The van der Waals surface area contributed by atoms with Gasteiger partial charge in [-0.1, -0.05) is 26.0 Å². The number of likely N-dealkylation sites (N-methyl/N-ethyl adjacent to an activating group) is 1. The minimum atomic E-state index is 0.381. The van der Waals surface area contributed by atoms with Crippen molar-refractivity contribution in [2.75, 3.05) is 25.0 Å². The summed E-state index contributed by atoms with van der Waals surface area (Å²) in [6.07, 6.45) is 2.20. The number of anilines is 1. The summed E-state index contributed by atoms with van der Waals surface area (Å²) in [6.45, 7) is 7.61. The lowest BCUT2D eigenvalue weighted by molar-refractivity contribution is 0.283. The molecule has 17 heavy (non-hydrogen) atoms. The van der Waals surface area contributed by atoms with Crippen molar-refractivity contribution in [2.45, 2.75) is 32.7 Å². The van der Waals surface area contributed by atoms with Gasteiger partial charge in [0.1, 0.15) is 5.75 Å². The first kappa shape index (κ1) is 12.2. The van der Waals surface area contributed by atoms with E-state index in [0.717, 1.165) is 38.2 Å². The topological polar surface area (TPSA) is 35.5 Å². The lowest BCUT2D eigenvalue weighted by Gasteiger charge is -2.31. The van der Waals surface area contributed by atoms with Crippen molar-refractivity contribution in [2.24, 2.45) is 0 Å². The van der Waals surface area contributed by atoms with E-state index < -0.39 is 0 Å². The highest BCUT2D eigenvalue weighted by atomic mass is 16.3. The van der Waals surface area contributed by atoms with E-state index in [1.54, 1.807) is 6.07 Å². The molecule has 1 unspecified atom stereocenters. The average molecular weight is 234 g/mol. The van der Waals surface area contributed by atoms with E-state index in [9.17, 15) is 5.11 Å². The molecular formula is C14H22N2O. The Bertz CT molecular complexity index is 374. The molecule has 1 atom stereocenters. The maximum atomic E-state index is 9.85. The smallest absolute Gasteiger partial charge is 0.138 e. The second-order valence-corrected chi connectivity index (χ2v) is 4.68. The number of para-hydroxylation sites is 1. The van der Waals surface area contributed by atoms with Gasteiger partial charge in [0.25, 0.3) is 0 Å². The van der Waals surface area contributed by atoms with Gasteiger partial charge in [-0.2, -0.15) is 0 Å². The van der Waals surface area contributed by atoms with Gasteiger partial charge in [0.15, 0.2) is 0 Å². The Hall–Kier alpha value is -1.22. The summed E-state index contributed by atoms with van der Waals surface area (Å²) in [7, 11) is 0. The molecule has 0 amide bonds. The van der Waals surface area contributed by atoms with Gasteiger partial charge < -0.3 is 15.3 Å². The molecule has 0 aliphatic carbocycles. The van der Waals surface area contributed by atoms with Crippen LogP contribution in [0, 0.1) is 0 Å². The highest BCUT2D eigenvalue weighted by molar-refractivity contribution is 5.63. The van der Waals surface area contributed by atoms with Crippen LogP contribution < -0.4 is 5.32 Å². The molecule has 1 heterocycles.